The normalized spacial score (nSPS) is 10.8. The first-order valence-electron chi connectivity index (χ1n) is 4.57. The average Bonchev–Trinajstić information content (AvgIpc) is 2.02. The Hall–Kier alpha value is -1.05. The van der Waals surface area contributed by atoms with Gasteiger partial charge in [-0.1, -0.05) is 20.8 Å². The zero-order valence-electron chi connectivity index (χ0n) is 8.26. The number of hydrogen-bond donors (Lipinski definition) is 1. The third-order valence-corrected chi connectivity index (χ3v) is 2.19. The highest BCUT2D eigenvalue weighted by molar-refractivity contribution is 5.38. The lowest BCUT2D eigenvalue weighted by atomic mass is 9.95. The van der Waals surface area contributed by atoms with E-state index in [0.717, 1.165) is 5.56 Å². The number of phenolic OH excluding ortho intramolecular Hbond substituents is 1. The minimum absolute atomic E-state index is 0.0124. The summed E-state index contributed by atoms with van der Waals surface area (Å²) in [5.41, 5.74) is 1.62. The first-order valence-corrected chi connectivity index (χ1v) is 4.57. The molecule has 0 amide bonds. The van der Waals surface area contributed by atoms with Gasteiger partial charge in [0, 0.05) is 6.07 Å². The fraction of sp³-hybridized carbons (Fsp3) is 0.455. The van der Waals surface area contributed by atoms with Gasteiger partial charge in [0.15, 0.2) is 0 Å². The molecule has 0 radical (unpaired) electrons. The van der Waals surface area contributed by atoms with Gasteiger partial charge in [-0.15, -0.1) is 0 Å². The number of aromatic hydroxyl groups is 1. The van der Waals surface area contributed by atoms with Crippen LogP contribution in [0, 0.1) is 5.82 Å². The van der Waals surface area contributed by atoms with Gasteiger partial charge in [-0.25, -0.2) is 4.39 Å². The van der Waals surface area contributed by atoms with Crippen LogP contribution in [0.5, 0.6) is 5.75 Å². The van der Waals surface area contributed by atoms with Crippen LogP contribution in [0.2, 0.25) is 0 Å². The zero-order valence-corrected chi connectivity index (χ0v) is 8.26. The molecule has 0 saturated carbocycles. The molecule has 0 aromatic heterocycles. The molecule has 0 aliphatic rings. The molecule has 2 heteroatoms. The van der Waals surface area contributed by atoms with Crippen molar-refractivity contribution in [1.82, 2.24) is 0 Å². The molecular formula is C11H15FO. The summed E-state index contributed by atoms with van der Waals surface area (Å²) in [6.07, 6.45) is 0.666. The van der Waals surface area contributed by atoms with E-state index in [2.05, 4.69) is 0 Å². The molecule has 1 nitrogen and oxygen atoms in total. The van der Waals surface area contributed by atoms with Crippen LogP contribution in [-0.2, 0) is 6.42 Å². The predicted molar refractivity (Wildman–Crippen MR) is 51.5 cm³/mol. The molecule has 0 bridgehead atoms. The monoisotopic (exact) mass is 182 g/mol. The number of hydrogen-bond acceptors (Lipinski definition) is 1. The molecule has 0 heterocycles. The smallest absolute Gasteiger partial charge is 0.130 e. The second-order valence-corrected chi connectivity index (χ2v) is 3.50. The van der Waals surface area contributed by atoms with Crippen molar-refractivity contribution >= 4 is 0 Å². The molecule has 0 unspecified atom stereocenters. The lowest BCUT2D eigenvalue weighted by Gasteiger charge is -2.12. The van der Waals surface area contributed by atoms with Gasteiger partial charge in [0.1, 0.15) is 11.6 Å². The van der Waals surface area contributed by atoms with Crippen LogP contribution in [0.3, 0.4) is 0 Å². The molecule has 0 spiro atoms. The Balaban J connectivity index is 3.29. The first-order chi connectivity index (χ1) is 6.06. The summed E-state index contributed by atoms with van der Waals surface area (Å²) in [6, 6.07) is 2.82. The second-order valence-electron chi connectivity index (χ2n) is 3.50. The maximum atomic E-state index is 13.3. The lowest BCUT2D eigenvalue weighted by molar-refractivity contribution is 0.466. The van der Waals surface area contributed by atoms with Gasteiger partial charge in [0.05, 0.1) is 0 Å². The van der Waals surface area contributed by atoms with Crippen molar-refractivity contribution in [2.45, 2.75) is 33.1 Å². The summed E-state index contributed by atoms with van der Waals surface area (Å²) in [7, 11) is 0. The molecule has 1 aromatic rings. The van der Waals surface area contributed by atoms with Crippen LogP contribution in [0.15, 0.2) is 12.1 Å². The van der Waals surface area contributed by atoms with Crippen molar-refractivity contribution in [1.29, 1.82) is 0 Å². The Labute approximate surface area is 78.2 Å². The second kappa shape index (κ2) is 3.77. The van der Waals surface area contributed by atoms with Crippen molar-refractivity contribution in [2.24, 2.45) is 0 Å². The number of phenols is 1. The van der Waals surface area contributed by atoms with E-state index in [0.29, 0.717) is 12.0 Å². The van der Waals surface area contributed by atoms with Crippen LogP contribution in [-0.4, -0.2) is 5.11 Å². The van der Waals surface area contributed by atoms with E-state index in [-0.39, 0.29) is 17.5 Å². The average molecular weight is 182 g/mol. The number of benzene rings is 1. The summed E-state index contributed by atoms with van der Waals surface area (Å²) in [5, 5.41) is 9.22. The van der Waals surface area contributed by atoms with Gasteiger partial charge < -0.3 is 5.11 Å². The maximum absolute atomic E-state index is 13.3. The van der Waals surface area contributed by atoms with Crippen LogP contribution in [0.25, 0.3) is 0 Å². The van der Waals surface area contributed by atoms with Crippen molar-refractivity contribution in [3.8, 4) is 5.75 Å². The van der Waals surface area contributed by atoms with E-state index in [1.807, 2.05) is 20.8 Å². The summed E-state index contributed by atoms with van der Waals surface area (Å²) >= 11 is 0. The first kappa shape index (κ1) is 10.0. The van der Waals surface area contributed by atoms with E-state index in [1.54, 1.807) is 6.07 Å². The lowest BCUT2D eigenvalue weighted by Crippen LogP contribution is -1.98. The van der Waals surface area contributed by atoms with Gasteiger partial charge in [-0.3, -0.25) is 0 Å². The molecule has 0 atom stereocenters. The quantitative estimate of drug-likeness (QED) is 0.744. The highest BCUT2D eigenvalue weighted by Gasteiger charge is 2.11. The Morgan fingerprint density at radius 1 is 1.38 bits per heavy atom. The third-order valence-electron chi connectivity index (χ3n) is 2.19. The van der Waals surface area contributed by atoms with Crippen LogP contribution in [0.4, 0.5) is 4.39 Å². The van der Waals surface area contributed by atoms with Gasteiger partial charge in [-0.05, 0) is 29.5 Å². The topological polar surface area (TPSA) is 20.2 Å². The third kappa shape index (κ3) is 2.00. The highest BCUT2D eigenvalue weighted by atomic mass is 19.1. The summed E-state index contributed by atoms with van der Waals surface area (Å²) in [5.74, 6) is -0.0406. The van der Waals surface area contributed by atoms with Crippen LogP contribution >= 0.6 is 0 Å². The van der Waals surface area contributed by atoms with E-state index in [9.17, 15) is 9.50 Å². The molecule has 0 aliphatic carbocycles. The minimum Gasteiger partial charge on any atom is -0.508 e. The van der Waals surface area contributed by atoms with E-state index in [1.165, 1.54) is 6.07 Å². The van der Waals surface area contributed by atoms with Gasteiger partial charge in [0.25, 0.3) is 0 Å². The van der Waals surface area contributed by atoms with E-state index >= 15 is 0 Å². The standard InChI is InChI=1S/C11H15FO/c1-4-9-10(7(2)3)5-8(13)6-11(9)12/h5-7,13H,4H2,1-3H3. The fourth-order valence-corrected chi connectivity index (χ4v) is 1.53. The minimum atomic E-state index is -0.300. The molecule has 13 heavy (non-hydrogen) atoms. The molecule has 0 fully saturated rings. The predicted octanol–water partition coefficient (Wildman–Crippen LogP) is 3.22. The summed E-state index contributed by atoms with van der Waals surface area (Å²) in [6.45, 7) is 5.90. The van der Waals surface area contributed by atoms with E-state index in [4.69, 9.17) is 0 Å². The number of halogens is 1. The number of rotatable bonds is 2. The maximum Gasteiger partial charge on any atom is 0.130 e. The Kier molecular flexibility index (Phi) is 2.91. The Morgan fingerprint density at radius 3 is 2.46 bits per heavy atom. The molecule has 1 rings (SSSR count). The van der Waals surface area contributed by atoms with Crippen molar-refractivity contribution in [2.75, 3.05) is 0 Å². The molecule has 72 valence electrons. The molecule has 1 N–H and O–H groups in total. The molecule has 0 saturated heterocycles. The Bertz CT molecular complexity index is 305. The highest BCUT2D eigenvalue weighted by Crippen LogP contribution is 2.26. The largest absolute Gasteiger partial charge is 0.508 e. The fourth-order valence-electron chi connectivity index (χ4n) is 1.53. The van der Waals surface area contributed by atoms with Gasteiger partial charge >= 0.3 is 0 Å². The SMILES string of the molecule is CCc1c(F)cc(O)cc1C(C)C. The van der Waals surface area contributed by atoms with Crippen molar-refractivity contribution in [3.05, 3.63) is 29.1 Å². The summed E-state index contributed by atoms with van der Waals surface area (Å²) in [4.78, 5) is 0. The van der Waals surface area contributed by atoms with Crippen LogP contribution in [0.1, 0.15) is 37.8 Å². The molecule has 0 aliphatic heterocycles. The molecular weight excluding hydrogens is 167 g/mol. The Morgan fingerprint density at radius 2 is 2.00 bits per heavy atom. The van der Waals surface area contributed by atoms with Gasteiger partial charge in [-0.2, -0.15) is 0 Å². The summed E-state index contributed by atoms with van der Waals surface area (Å²) < 4.78 is 13.3. The zero-order chi connectivity index (χ0) is 10.0. The van der Waals surface area contributed by atoms with Crippen molar-refractivity contribution in [3.63, 3.8) is 0 Å². The van der Waals surface area contributed by atoms with Crippen molar-refractivity contribution < 1.29 is 9.50 Å². The van der Waals surface area contributed by atoms with Gasteiger partial charge in [0.2, 0.25) is 0 Å². The van der Waals surface area contributed by atoms with E-state index < -0.39 is 0 Å². The molecule has 1 aromatic carbocycles. The van der Waals surface area contributed by atoms with Crippen LogP contribution < -0.4 is 0 Å².